The van der Waals surface area contributed by atoms with Crippen molar-refractivity contribution < 1.29 is 9.69 Å². The molecule has 0 aromatic heterocycles. The maximum absolute atomic E-state index is 12.0. The van der Waals surface area contributed by atoms with Crippen LogP contribution in [-0.2, 0) is 4.79 Å². The number of nitrogens with zero attached hydrogens (tertiary/aromatic N) is 1. The fourth-order valence-corrected chi connectivity index (χ4v) is 2.11. The summed E-state index contributed by atoms with van der Waals surface area (Å²) in [4.78, 5) is 13.0. The van der Waals surface area contributed by atoms with E-state index in [0.29, 0.717) is 13.1 Å². The van der Waals surface area contributed by atoms with Crippen LogP contribution in [0, 0.1) is 31.1 Å². The molecule has 4 nitrogen and oxygen atoms in total. The van der Waals surface area contributed by atoms with E-state index in [0.717, 1.165) is 21.7 Å². The molecule has 0 bridgehead atoms. The van der Waals surface area contributed by atoms with E-state index in [1.165, 1.54) is 0 Å². The van der Waals surface area contributed by atoms with Crippen molar-refractivity contribution in [3.63, 3.8) is 0 Å². The van der Waals surface area contributed by atoms with Crippen molar-refractivity contribution in [2.24, 2.45) is 5.92 Å². The summed E-state index contributed by atoms with van der Waals surface area (Å²) >= 11 is 0. The van der Waals surface area contributed by atoms with Crippen LogP contribution in [0.25, 0.3) is 0 Å². The Hall–Kier alpha value is -1.86. The van der Waals surface area contributed by atoms with Gasteiger partial charge < -0.3 is 10.2 Å². The molecule has 0 saturated carbocycles. The average molecular weight is 260 g/mol. The lowest BCUT2D eigenvalue weighted by molar-refractivity contribution is -0.873. The molecule has 0 radical (unpaired) electrons. The van der Waals surface area contributed by atoms with Gasteiger partial charge in [-0.05, 0) is 31.9 Å². The number of nitrogens with one attached hydrogen (secondary N) is 2. The van der Waals surface area contributed by atoms with E-state index >= 15 is 0 Å². The van der Waals surface area contributed by atoms with Crippen molar-refractivity contribution in [1.82, 2.24) is 0 Å². The Morgan fingerprint density at radius 2 is 2.00 bits per heavy atom. The highest BCUT2D eigenvalue weighted by Crippen LogP contribution is 2.18. The summed E-state index contributed by atoms with van der Waals surface area (Å²) in [6.07, 6.45) is 0. The topological polar surface area (TPSA) is 57.3 Å². The highest BCUT2D eigenvalue weighted by atomic mass is 16.2. The van der Waals surface area contributed by atoms with Crippen LogP contribution >= 0.6 is 0 Å². The first-order chi connectivity index (χ1) is 8.93. The molecule has 0 aliphatic rings. The number of benzene rings is 1. The monoisotopic (exact) mass is 260 g/mol. The van der Waals surface area contributed by atoms with Crippen LogP contribution in [0.5, 0.6) is 0 Å². The van der Waals surface area contributed by atoms with Crippen LogP contribution in [0.4, 0.5) is 5.69 Å². The van der Waals surface area contributed by atoms with Gasteiger partial charge in [-0.2, -0.15) is 5.26 Å². The van der Waals surface area contributed by atoms with Crippen LogP contribution in [0.15, 0.2) is 18.2 Å². The molecular weight excluding hydrogens is 238 g/mol. The van der Waals surface area contributed by atoms with Crippen molar-refractivity contribution in [3.05, 3.63) is 29.3 Å². The number of hydrogen-bond acceptors (Lipinski definition) is 2. The molecule has 19 heavy (non-hydrogen) atoms. The van der Waals surface area contributed by atoms with E-state index in [-0.39, 0.29) is 11.8 Å². The van der Waals surface area contributed by atoms with Gasteiger partial charge in [0.2, 0.25) is 0 Å². The summed E-state index contributed by atoms with van der Waals surface area (Å²) in [6.45, 7) is 6.89. The number of likely N-dealkylation sites (N-methyl/N-ethyl adjacent to an activating group) is 1. The fraction of sp³-hybridized carbons (Fsp3) is 0.467. The molecule has 1 unspecified atom stereocenters. The lowest BCUT2D eigenvalue weighted by atomic mass is 10.1. The van der Waals surface area contributed by atoms with E-state index < -0.39 is 0 Å². The first kappa shape index (κ1) is 15.2. The molecule has 0 spiro atoms. The molecule has 0 fully saturated rings. The van der Waals surface area contributed by atoms with Crippen molar-refractivity contribution in [3.8, 4) is 6.07 Å². The predicted molar refractivity (Wildman–Crippen MR) is 75.9 cm³/mol. The minimum Gasteiger partial charge on any atom is -0.329 e. The van der Waals surface area contributed by atoms with Gasteiger partial charge in [0.15, 0.2) is 6.54 Å². The molecule has 2 atom stereocenters. The second-order valence-corrected chi connectivity index (χ2v) is 5.18. The number of rotatable bonds is 5. The van der Waals surface area contributed by atoms with E-state index in [1.807, 2.05) is 46.0 Å². The molecule has 1 aromatic rings. The molecule has 0 aliphatic carbocycles. The first-order valence-corrected chi connectivity index (χ1v) is 6.51. The number of amides is 1. The van der Waals surface area contributed by atoms with Crippen molar-refractivity contribution in [2.45, 2.75) is 20.8 Å². The largest absolute Gasteiger partial charge is 0.329 e. The smallest absolute Gasteiger partial charge is 0.279 e. The molecule has 0 saturated heterocycles. The highest BCUT2D eigenvalue weighted by Gasteiger charge is 2.14. The van der Waals surface area contributed by atoms with E-state index in [2.05, 4.69) is 11.4 Å². The molecule has 0 heterocycles. The second kappa shape index (κ2) is 6.91. The molecule has 102 valence electrons. The third kappa shape index (κ3) is 4.72. The highest BCUT2D eigenvalue weighted by molar-refractivity contribution is 5.93. The van der Waals surface area contributed by atoms with Gasteiger partial charge >= 0.3 is 0 Å². The zero-order chi connectivity index (χ0) is 14.4. The molecular formula is C15H22N3O+. The number of para-hydroxylation sites is 1. The summed E-state index contributed by atoms with van der Waals surface area (Å²) in [7, 11) is 1.93. The van der Waals surface area contributed by atoms with Gasteiger partial charge in [-0.15, -0.1) is 0 Å². The third-order valence-corrected chi connectivity index (χ3v) is 3.08. The van der Waals surface area contributed by atoms with Crippen molar-refractivity contribution in [2.75, 3.05) is 25.5 Å². The van der Waals surface area contributed by atoms with Gasteiger partial charge in [0, 0.05) is 5.69 Å². The van der Waals surface area contributed by atoms with Crippen LogP contribution in [-0.4, -0.2) is 26.0 Å². The Labute approximate surface area is 115 Å². The van der Waals surface area contributed by atoms with Crippen molar-refractivity contribution >= 4 is 11.6 Å². The molecule has 4 heteroatoms. The SMILES string of the molecule is Cc1cccc(C)c1NC(=O)C[NH+](C)C[C@H](C)C#N. The van der Waals surface area contributed by atoms with Gasteiger partial charge in [0.25, 0.3) is 5.91 Å². The third-order valence-electron chi connectivity index (χ3n) is 3.08. The van der Waals surface area contributed by atoms with Gasteiger partial charge in [-0.25, -0.2) is 0 Å². The zero-order valence-electron chi connectivity index (χ0n) is 12.1. The Balaban J connectivity index is 2.59. The number of nitriles is 1. The minimum atomic E-state index is -0.0343. The molecule has 1 aromatic carbocycles. The number of hydrogen-bond donors (Lipinski definition) is 2. The number of carbonyl (C=O) groups is 1. The van der Waals surface area contributed by atoms with Gasteiger partial charge in [0.05, 0.1) is 25.6 Å². The summed E-state index contributed by atoms with van der Waals surface area (Å²) in [5, 5.41) is 11.7. The minimum absolute atomic E-state index is 0.0139. The summed E-state index contributed by atoms with van der Waals surface area (Å²) in [5.74, 6) is -0.0481. The van der Waals surface area contributed by atoms with E-state index in [9.17, 15) is 4.79 Å². The van der Waals surface area contributed by atoms with Crippen LogP contribution < -0.4 is 10.2 Å². The van der Waals surface area contributed by atoms with Gasteiger partial charge in [0.1, 0.15) is 0 Å². The van der Waals surface area contributed by atoms with E-state index in [4.69, 9.17) is 5.26 Å². The Kier molecular flexibility index (Phi) is 5.53. The number of quaternary nitrogens is 1. The Morgan fingerprint density at radius 3 is 2.53 bits per heavy atom. The molecule has 1 rings (SSSR count). The Bertz CT molecular complexity index is 470. The summed E-state index contributed by atoms with van der Waals surface area (Å²) in [5.41, 5.74) is 3.03. The number of carbonyl (C=O) groups excluding carboxylic acids is 1. The van der Waals surface area contributed by atoms with Gasteiger partial charge in [-0.3, -0.25) is 4.79 Å². The zero-order valence-corrected chi connectivity index (χ0v) is 12.1. The van der Waals surface area contributed by atoms with Crippen LogP contribution in [0.2, 0.25) is 0 Å². The maximum Gasteiger partial charge on any atom is 0.279 e. The maximum atomic E-state index is 12.0. The fourth-order valence-electron chi connectivity index (χ4n) is 2.11. The number of aryl methyl sites for hydroxylation is 2. The lowest BCUT2D eigenvalue weighted by Crippen LogP contribution is -3.10. The second-order valence-electron chi connectivity index (χ2n) is 5.18. The predicted octanol–water partition coefficient (Wildman–Crippen LogP) is 0.916. The van der Waals surface area contributed by atoms with Crippen LogP contribution in [0.3, 0.4) is 0 Å². The number of anilines is 1. The van der Waals surface area contributed by atoms with Gasteiger partial charge in [-0.1, -0.05) is 18.2 Å². The Morgan fingerprint density at radius 1 is 1.42 bits per heavy atom. The van der Waals surface area contributed by atoms with E-state index in [1.54, 1.807) is 0 Å². The van der Waals surface area contributed by atoms with Crippen molar-refractivity contribution in [1.29, 1.82) is 5.26 Å². The van der Waals surface area contributed by atoms with Crippen LogP contribution in [0.1, 0.15) is 18.1 Å². The lowest BCUT2D eigenvalue weighted by Gasteiger charge is -2.16. The molecule has 1 amide bonds. The first-order valence-electron chi connectivity index (χ1n) is 6.51. The summed E-state index contributed by atoms with van der Waals surface area (Å²) in [6, 6.07) is 8.13. The summed E-state index contributed by atoms with van der Waals surface area (Å²) < 4.78 is 0. The molecule has 0 aliphatic heterocycles. The quantitative estimate of drug-likeness (QED) is 0.827. The standard InChI is InChI=1S/C15H21N3O/c1-11(8-16)9-18(4)10-14(19)17-15-12(2)6-5-7-13(15)3/h5-7,11H,9-10H2,1-4H3,(H,17,19)/p+1/t11-/m1/s1. The average Bonchev–Trinajstić information content (AvgIpc) is 2.33. The normalized spacial score (nSPS) is 13.4. The molecule has 2 N–H and O–H groups in total.